The summed E-state index contributed by atoms with van der Waals surface area (Å²) < 4.78 is 0. The normalized spacial score (nSPS) is 16.4. The number of piperazine rings is 1. The van der Waals surface area contributed by atoms with E-state index in [0.717, 1.165) is 42.8 Å². The van der Waals surface area contributed by atoms with Gasteiger partial charge in [-0.3, -0.25) is 14.7 Å². The second-order valence-electron chi connectivity index (χ2n) is 5.24. The fraction of sp³-hybridized carbons (Fsp3) is 0.375. The zero-order valence-corrected chi connectivity index (χ0v) is 11.5. The summed E-state index contributed by atoms with van der Waals surface area (Å²) in [6, 6.07) is 12.0. The van der Waals surface area contributed by atoms with Crippen molar-refractivity contribution < 1.29 is 4.79 Å². The van der Waals surface area contributed by atoms with Crippen LogP contribution < -0.4 is 5.32 Å². The Labute approximate surface area is 118 Å². The van der Waals surface area contributed by atoms with Crippen LogP contribution >= 0.6 is 0 Å². The number of nitrogens with one attached hydrogen (secondary N) is 1. The van der Waals surface area contributed by atoms with Crippen molar-refractivity contribution in [2.75, 3.05) is 32.7 Å². The van der Waals surface area contributed by atoms with E-state index in [4.69, 9.17) is 0 Å². The second kappa shape index (κ2) is 6.11. The van der Waals surface area contributed by atoms with Gasteiger partial charge in [0.05, 0.1) is 18.5 Å². The minimum Gasteiger partial charge on any atom is -0.314 e. The predicted octanol–water partition coefficient (Wildman–Crippen LogP) is 1.25. The van der Waals surface area contributed by atoms with E-state index in [2.05, 4.69) is 15.2 Å². The Balaban J connectivity index is 1.64. The number of hydrogen-bond acceptors (Lipinski definition) is 4. The molecule has 1 aliphatic rings. The molecule has 0 radical (unpaired) electrons. The van der Waals surface area contributed by atoms with Gasteiger partial charge >= 0.3 is 0 Å². The molecule has 0 aliphatic carbocycles. The number of hydrogen-bond donors (Lipinski definition) is 1. The van der Waals surface area contributed by atoms with E-state index in [-0.39, 0.29) is 5.78 Å². The van der Waals surface area contributed by atoms with E-state index in [9.17, 15) is 4.79 Å². The molecule has 4 heteroatoms. The van der Waals surface area contributed by atoms with Crippen LogP contribution in [0.15, 0.2) is 36.4 Å². The third kappa shape index (κ3) is 3.21. The SMILES string of the molecule is O=C(Cc1ccc2ccccc2n1)CN1CCNCC1. The van der Waals surface area contributed by atoms with E-state index >= 15 is 0 Å². The monoisotopic (exact) mass is 269 g/mol. The molecule has 4 nitrogen and oxygen atoms in total. The zero-order chi connectivity index (χ0) is 13.8. The first-order valence-electron chi connectivity index (χ1n) is 7.11. The molecule has 0 bridgehead atoms. The second-order valence-corrected chi connectivity index (χ2v) is 5.24. The van der Waals surface area contributed by atoms with Crippen molar-refractivity contribution in [3.63, 3.8) is 0 Å². The molecule has 0 saturated carbocycles. The van der Waals surface area contributed by atoms with Crippen LogP contribution in [0.1, 0.15) is 5.69 Å². The van der Waals surface area contributed by atoms with E-state index in [1.807, 2.05) is 36.4 Å². The van der Waals surface area contributed by atoms with Crippen molar-refractivity contribution in [2.24, 2.45) is 0 Å². The van der Waals surface area contributed by atoms with Crippen LogP contribution in [0.4, 0.5) is 0 Å². The summed E-state index contributed by atoms with van der Waals surface area (Å²) in [5.74, 6) is 0.245. The Morgan fingerprint density at radius 2 is 1.95 bits per heavy atom. The number of carbonyl (C=O) groups is 1. The Morgan fingerprint density at radius 3 is 2.80 bits per heavy atom. The number of fused-ring (bicyclic) bond motifs is 1. The number of pyridine rings is 1. The third-order valence-electron chi connectivity index (χ3n) is 3.64. The maximum Gasteiger partial charge on any atom is 0.152 e. The number of para-hydroxylation sites is 1. The zero-order valence-electron chi connectivity index (χ0n) is 11.5. The molecule has 1 aromatic heterocycles. The summed E-state index contributed by atoms with van der Waals surface area (Å²) in [6.45, 7) is 4.40. The van der Waals surface area contributed by atoms with Gasteiger partial charge in [-0.1, -0.05) is 24.3 Å². The van der Waals surface area contributed by atoms with Gasteiger partial charge in [0, 0.05) is 37.3 Å². The third-order valence-corrected chi connectivity index (χ3v) is 3.64. The highest BCUT2D eigenvalue weighted by atomic mass is 16.1. The van der Waals surface area contributed by atoms with Crippen LogP contribution in [0.5, 0.6) is 0 Å². The molecule has 0 amide bonds. The lowest BCUT2D eigenvalue weighted by Gasteiger charge is -2.26. The highest BCUT2D eigenvalue weighted by Gasteiger charge is 2.14. The number of nitrogens with zero attached hydrogens (tertiary/aromatic N) is 2. The largest absolute Gasteiger partial charge is 0.314 e. The van der Waals surface area contributed by atoms with Gasteiger partial charge in [-0.2, -0.15) is 0 Å². The Kier molecular flexibility index (Phi) is 4.04. The van der Waals surface area contributed by atoms with Crippen molar-refractivity contribution in [1.29, 1.82) is 0 Å². The summed E-state index contributed by atoms with van der Waals surface area (Å²) in [5.41, 5.74) is 1.82. The van der Waals surface area contributed by atoms with Gasteiger partial charge in [0.15, 0.2) is 5.78 Å². The van der Waals surface area contributed by atoms with E-state index < -0.39 is 0 Å². The van der Waals surface area contributed by atoms with E-state index in [0.29, 0.717) is 13.0 Å². The number of carbonyl (C=O) groups excluding carboxylic acids is 1. The number of aromatic nitrogens is 1. The lowest BCUT2D eigenvalue weighted by molar-refractivity contribution is -0.119. The number of Topliss-reactive ketones (excluding diaryl/α,β-unsaturated/α-hetero) is 1. The summed E-state index contributed by atoms with van der Waals surface area (Å²) >= 11 is 0. The average molecular weight is 269 g/mol. The molecule has 2 aromatic rings. The van der Waals surface area contributed by atoms with Crippen molar-refractivity contribution in [3.8, 4) is 0 Å². The highest BCUT2D eigenvalue weighted by Crippen LogP contribution is 2.12. The van der Waals surface area contributed by atoms with Crippen molar-refractivity contribution >= 4 is 16.7 Å². The molecule has 3 rings (SSSR count). The number of rotatable bonds is 4. The standard InChI is InChI=1S/C16H19N3O/c20-15(12-19-9-7-17-8-10-19)11-14-6-5-13-3-1-2-4-16(13)18-14/h1-6,17H,7-12H2. The van der Waals surface area contributed by atoms with Gasteiger partial charge in [0.25, 0.3) is 0 Å². The number of ketones is 1. The molecular formula is C16H19N3O. The van der Waals surface area contributed by atoms with Gasteiger partial charge in [-0.05, 0) is 12.1 Å². The number of benzene rings is 1. The van der Waals surface area contributed by atoms with Gasteiger partial charge in [0.1, 0.15) is 0 Å². The van der Waals surface area contributed by atoms with Gasteiger partial charge in [-0.25, -0.2) is 0 Å². The van der Waals surface area contributed by atoms with Crippen molar-refractivity contribution in [3.05, 3.63) is 42.1 Å². The molecule has 1 aromatic carbocycles. The summed E-state index contributed by atoms with van der Waals surface area (Å²) in [5, 5.41) is 4.41. The Hall–Kier alpha value is -1.78. The molecule has 104 valence electrons. The van der Waals surface area contributed by atoms with E-state index in [1.165, 1.54) is 0 Å². The lowest BCUT2D eigenvalue weighted by Crippen LogP contribution is -2.45. The van der Waals surface area contributed by atoms with Crippen LogP contribution in [0.3, 0.4) is 0 Å². The fourth-order valence-electron chi connectivity index (χ4n) is 2.58. The fourth-order valence-corrected chi connectivity index (χ4v) is 2.58. The Bertz CT molecular complexity index is 605. The summed E-state index contributed by atoms with van der Waals surface area (Å²) in [4.78, 5) is 18.9. The van der Waals surface area contributed by atoms with Crippen LogP contribution in [-0.2, 0) is 11.2 Å². The highest BCUT2D eigenvalue weighted by molar-refractivity contribution is 5.84. The molecule has 0 atom stereocenters. The molecule has 2 heterocycles. The molecule has 1 saturated heterocycles. The maximum atomic E-state index is 12.1. The van der Waals surface area contributed by atoms with Crippen LogP contribution in [-0.4, -0.2) is 48.4 Å². The van der Waals surface area contributed by atoms with Crippen molar-refractivity contribution in [2.45, 2.75) is 6.42 Å². The average Bonchev–Trinajstić information content (AvgIpc) is 2.48. The first-order valence-corrected chi connectivity index (χ1v) is 7.11. The van der Waals surface area contributed by atoms with Crippen LogP contribution in [0, 0.1) is 0 Å². The van der Waals surface area contributed by atoms with Crippen LogP contribution in [0.2, 0.25) is 0 Å². The molecular weight excluding hydrogens is 250 g/mol. The topological polar surface area (TPSA) is 45.2 Å². The molecule has 20 heavy (non-hydrogen) atoms. The molecule has 0 unspecified atom stereocenters. The van der Waals surface area contributed by atoms with E-state index in [1.54, 1.807) is 0 Å². The molecule has 1 aliphatic heterocycles. The van der Waals surface area contributed by atoms with Crippen molar-refractivity contribution in [1.82, 2.24) is 15.2 Å². The van der Waals surface area contributed by atoms with Crippen LogP contribution in [0.25, 0.3) is 10.9 Å². The first-order chi connectivity index (χ1) is 9.81. The lowest BCUT2D eigenvalue weighted by atomic mass is 10.1. The minimum atomic E-state index is 0.245. The predicted molar refractivity (Wildman–Crippen MR) is 79.8 cm³/mol. The smallest absolute Gasteiger partial charge is 0.152 e. The molecule has 1 N–H and O–H groups in total. The van der Waals surface area contributed by atoms with Gasteiger partial charge in [-0.15, -0.1) is 0 Å². The summed E-state index contributed by atoms with van der Waals surface area (Å²) in [7, 11) is 0. The first kappa shape index (κ1) is 13.2. The Morgan fingerprint density at radius 1 is 1.15 bits per heavy atom. The summed E-state index contributed by atoms with van der Waals surface area (Å²) in [6.07, 6.45) is 0.425. The minimum absolute atomic E-state index is 0.245. The molecule has 0 spiro atoms. The van der Waals surface area contributed by atoms with Gasteiger partial charge in [0.2, 0.25) is 0 Å². The van der Waals surface area contributed by atoms with Gasteiger partial charge < -0.3 is 5.32 Å². The quantitative estimate of drug-likeness (QED) is 0.907. The molecule has 1 fully saturated rings. The maximum absolute atomic E-state index is 12.1.